The lowest BCUT2D eigenvalue weighted by Gasteiger charge is -2.17. The molecule has 2 atom stereocenters. The van der Waals surface area contributed by atoms with E-state index >= 15 is 0 Å². The molecular formula is C9H8F5NO. The van der Waals surface area contributed by atoms with Crippen LogP contribution in [-0.2, 0) is 0 Å². The Kier molecular flexibility index (Phi) is 3.49. The molecule has 0 fully saturated rings. The largest absolute Gasteiger partial charge is 0.391 e. The van der Waals surface area contributed by atoms with Gasteiger partial charge in [0.25, 0.3) is 0 Å². The highest BCUT2D eigenvalue weighted by Crippen LogP contribution is 2.27. The standard InChI is InChI=1S/C9H8F5NO/c1-2(16)9(15)3-4(10)6(12)8(14)7(13)5(3)11/h2,9,16H,15H2,1H3/t2-,9-/m0/s1. The zero-order valence-corrected chi connectivity index (χ0v) is 8.07. The van der Waals surface area contributed by atoms with Crippen LogP contribution in [0.3, 0.4) is 0 Å². The molecule has 0 radical (unpaired) electrons. The molecular weight excluding hydrogens is 233 g/mol. The van der Waals surface area contributed by atoms with E-state index in [1.807, 2.05) is 0 Å². The van der Waals surface area contributed by atoms with Gasteiger partial charge in [0.15, 0.2) is 23.3 Å². The molecule has 0 heterocycles. The lowest BCUT2D eigenvalue weighted by atomic mass is 10.0. The summed E-state index contributed by atoms with van der Waals surface area (Å²) in [7, 11) is 0. The quantitative estimate of drug-likeness (QED) is 0.471. The third-order valence-electron chi connectivity index (χ3n) is 2.10. The van der Waals surface area contributed by atoms with Gasteiger partial charge in [-0.05, 0) is 6.92 Å². The molecule has 90 valence electrons. The molecule has 0 aliphatic rings. The average molecular weight is 241 g/mol. The first kappa shape index (κ1) is 12.9. The summed E-state index contributed by atoms with van der Waals surface area (Å²) in [5.74, 6) is -10.5. The fourth-order valence-corrected chi connectivity index (χ4v) is 1.16. The van der Waals surface area contributed by atoms with Gasteiger partial charge >= 0.3 is 0 Å². The van der Waals surface area contributed by atoms with Crippen LogP contribution >= 0.6 is 0 Å². The predicted molar refractivity (Wildman–Crippen MR) is 44.8 cm³/mol. The summed E-state index contributed by atoms with van der Waals surface area (Å²) < 4.78 is 64.3. The van der Waals surface area contributed by atoms with Crippen molar-refractivity contribution in [2.24, 2.45) is 5.73 Å². The number of halogens is 5. The van der Waals surface area contributed by atoms with Crippen molar-refractivity contribution in [2.45, 2.75) is 19.1 Å². The lowest BCUT2D eigenvalue weighted by molar-refractivity contribution is 0.158. The molecule has 1 rings (SSSR count). The number of hydrogen-bond acceptors (Lipinski definition) is 2. The van der Waals surface area contributed by atoms with Crippen LogP contribution < -0.4 is 5.73 Å². The molecule has 0 saturated carbocycles. The molecule has 16 heavy (non-hydrogen) atoms. The van der Waals surface area contributed by atoms with E-state index in [2.05, 4.69) is 0 Å². The van der Waals surface area contributed by atoms with Gasteiger partial charge in [0, 0.05) is 5.56 Å². The van der Waals surface area contributed by atoms with Gasteiger partial charge < -0.3 is 10.8 Å². The van der Waals surface area contributed by atoms with Crippen molar-refractivity contribution < 1.29 is 27.1 Å². The third-order valence-corrected chi connectivity index (χ3v) is 2.10. The highest BCUT2D eigenvalue weighted by atomic mass is 19.2. The average Bonchev–Trinajstić information content (AvgIpc) is 2.23. The molecule has 0 aliphatic carbocycles. The molecule has 3 N–H and O–H groups in total. The molecule has 0 amide bonds. The first-order valence-corrected chi connectivity index (χ1v) is 4.24. The number of rotatable bonds is 2. The van der Waals surface area contributed by atoms with Crippen molar-refractivity contribution in [1.29, 1.82) is 0 Å². The zero-order chi connectivity index (χ0) is 12.6. The summed E-state index contributed by atoms with van der Waals surface area (Å²) >= 11 is 0. The monoisotopic (exact) mass is 241 g/mol. The van der Waals surface area contributed by atoms with Crippen LogP contribution in [-0.4, -0.2) is 11.2 Å². The normalized spacial score (nSPS) is 15.0. The minimum Gasteiger partial charge on any atom is -0.391 e. The predicted octanol–water partition coefficient (Wildman–Crippen LogP) is 1.76. The van der Waals surface area contributed by atoms with E-state index in [1.165, 1.54) is 0 Å². The van der Waals surface area contributed by atoms with Crippen molar-refractivity contribution in [2.75, 3.05) is 0 Å². The molecule has 0 unspecified atom stereocenters. The van der Waals surface area contributed by atoms with Gasteiger partial charge in [0.1, 0.15) is 0 Å². The Bertz CT molecular complexity index is 392. The van der Waals surface area contributed by atoms with Crippen LogP contribution in [0.5, 0.6) is 0 Å². The number of hydrogen-bond donors (Lipinski definition) is 2. The molecule has 0 saturated heterocycles. The first-order chi connectivity index (χ1) is 7.29. The second-order valence-corrected chi connectivity index (χ2v) is 3.25. The van der Waals surface area contributed by atoms with Gasteiger partial charge in [-0.1, -0.05) is 0 Å². The summed E-state index contributed by atoms with van der Waals surface area (Å²) in [5.41, 5.74) is 3.93. The van der Waals surface area contributed by atoms with Gasteiger partial charge in [-0.2, -0.15) is 0 Å². The fourth-order valence-electron chi connectivity index (χ4n) is 1.16. The second kappa shape index (κ2) is 4.34. The Balaban J connectivity index is 3.51. The summed E-state index contributed by atoms with van der Waals surface area (Å²) in [6.45, 7) is 1.07. The van der Waals surface area contributed by atoms with Crippen LogP contribution in [0.15, 0.2) is 0 Å². The van der Waals surface area contributed by atoms with E-state index in [9.17, 15) is 22.0 Å². The van der Waals surface area contributed by atoms with Crippen molar-refractivity contribution in [3.8, 4) is 0 Å². The van der Waals surface area contributed by atoms with Gasteiger partial charge in [-0.15, -0.1) is 0 Å². The van der Waals surface area contributed by atoms with Crippen molar-refractivity contribution in [3.05, 3.63) is 34.6 Å². The Hall–Kier alpha value is -1.21. The van der Waals surface area contributed by atoms with Crippen LogP contribution in [0.1, 0.15) is 18.5 Å². The Morgan fingerprint density at radius 2 is 1.19 bits per heavy atom. The summed E-state index contributed by atoms with van der Waals surface area (Å²) in [5, 5.41) is 8.98. The maximum atomic E-state index is 13.1. The minimum absolute atomic E-state index is 1.07. The van der Waals surface area contributed by atoms with Gasteiger partial charge in [-0.25, -0.2) is 22.0 Å². The van der Waals surface area contributed by atoms with Gasteiger partial charge in [-0.3, -0.25) is 0 Å². The number of aliphatic hydroxyl groups is 1. The summed E-state index contributed by atoms with van der Waals surface area (Å²) in [6, 6.07) is -1.69. The number of benzene rings is 1. The molecule has 1 aromatic rings. The van der Waals surface area contributed by atoms with Crippen LogP contribution in [0, 0.1) is 29.1 Å². The van der Waals surface area contributed by atoms with Crippen LogP contribution in [0.4, 0.5) is 22.0 Å². The summed E-state index contributed by atoms with van der Waals surface area (Å²) in [6.07, 6.45) is -1.45. The van der Waals surface area contributed by atoms with E-state index in [-0.39, 0.29) is 0 Å². The van der Waals surface area contributed by atoms with E-state index in [0.29, 0.717) is 0 Å². The van der Waals surface area contributed by atoms with Crippen LogP contribution in [0.2, 0.25) is 0 Å². The maximum absolute atomic E-state index is 13.1. The van der Waals surface area contributed by atoms with Gasteiger partial charge in [0.2, 0.25) is 5.82 Å². The number of aliphatic hydroxyl groups excluding tert-OH is 1. The Morgan fingerprint density at radius 1 is 0.875 bits per heavy atom. The highest BCUT2D eigenvalue weighted by molar-refractivity contribution is 5.27. The highest BCUT2D eigenvalue weighted by Gasteiger charge is 2.30. The smallest absolute Gasteiger partial charge is 0.200 e. The minimum atomic E-state index is -2.25. The van der Waals surface area contributed by atoms with E-state index in [1.54, 1.807) is 0 Å². The molecule has 7 heteroatoms. The molecule has 0 bridgehead atoms. The Labute approximate surface area is 87.5 Å². The zero-order valence-electron chi connectivity index (χ0n) is 8.07. The van der Waals surface area contributed by atoms with Crippen molar-refractivity contribution >= 4 is 0 Å². The Morgan fingerprint density at radius 3 is 1.50 bits per heavy atom. The number of nitrogens with two attached hydrogens (primary N) is 1. The third kappa shape index (κ3) is 1.88. The SMILES string of the molecule is C[C@H](O)[C@H](N)c1c(F)c(F)c(F)c(F)c1F. The van der Waals surface area contributed by atoms with Crippen molar-refractivity contribution in [1.82, 2.24) is 0 Å². The van der Waals surface area contributed by atoms with Gasteiger partial charge in [0.05, 0.1) is 12.1 Å². The van der Waals surface area contributed by atoms with Crippen LogP contribution in [0.25, 0.3) is 0 Å². The van der Waals surface area contributed by atoms with Crippen molar-refractivity contribution in [3.63, 3.8) is 0 Å². The van der Waals surface area contributed by atoms with E-state index in [0.717, 1.165) is 6.92 Å². The molecule has 0 spiro atoms. The maximum Gasteiger partial charge on any atom is 0.200 e. The first-order valence-electron chi connectivity index (χ1n) is 4.24. The molecule has 1 aromatic carbocycles. The molecule has 0 aliphatic heterocycles. The molecule has 2 nitrogen and oxygen atoms in total. The fraction of sp³-hybridized carbons (Fsp3) is 0.333. The van der Waals surface area contributed by atoms with E-state index < -0.39 is 46.8 Å². The second-order valence-electron chi connectivity index (χ2n) is 3.25. The van der Waals surface area contributed by atoms with E-state index in [4.69, 9.17) is 10.8 Å². The molecule has 0 aromatic heterocycles. The topological polar surface area (TPSA) is 46.2 Å². The summed E-state index contributed by atoms with van der Waals surface area (Å²) in [4.78, 5) is 0. The lowest BCUT2D eigenvalue weighted by Crippen LogP contribution is -2.27.